The summed E-state index contributed by atoms with van der Waals surface area (Å²) in [5, 5.41) is 1.63. The number of halogens is 2. The number of hydrogen-bond acceptors (Lipinski definition) is 3. The summed E-state index contributed by atoms with van der Waals surface area (Å²) in [4.78, 5) is 11.7. The van der Waals surface area contributed by atoms with E-state index in [-0.39, 0.29) is 17.8 Å². The van der Waals surface area contributed by atoms with Crippen LogP contribution in [0.4, 0.5) is 0 Å². The third kappa shape index (κ3) is 2.61. The summed E-state index contributed by atoms with van der Waals surface area (Å²) in [6.45, 7) is 0. The zero-order chi connectivity index (χ0) is 20.3. The van der Waals surface area contributed by atoms with Gasteiger partial charge in [-0.1, -0.05) is 47.5 Å². The molecule has 0 N–H and O–H groups in total. The summed E-state index contributed by atoms with van der Waals surface area (Å²) < 4.78 is 11.4. The van der Waals surface area contributed by atoms with Crippen molar-refractivity contribution < 1.29 is 14.3 Å². The number of Topliss-reactive ketones (excluding diaryl/α,β-unsaturated/α-hetero) is 1. The van der Waals surface area contributed by atoms with E-state index in [1.807, 2.05) is 30.3 Å². The van der Waals surface area contributed by atoms with Crippen molar-refractivity contribution in [1.82, 2.24) is 0 Å². The van der Waals surface area contributed by atoms with Crippen LogP contribution in [0.3, 0.4) is 0 Å². The lowest BCUT2D eigenvalue weighted by Gasteiger charge is -2.31. The highest BCUT2D eigenvalue weighted by molar-refractivity contribution is 6.32. The maximum Gasteiger partial charge on any atom is 0.181 e. The summed E-state index contributed by atoms with van der Waals surface area (Å²) in [6, 6.07) is 12.0. The van der Waals surface area contributed by atoms with Gasteiger partial charge in [-0.25, -0.2) is 0 Å². The number of carbonyl (C=O) groups excluding carboxylic acids is 1. The van der Waals surface area contributed by atoms with Crippen LogP contribution < -0.4 is 0 Å². The molecule has 0 aliphatic heterocycles. The molecule has 5 heteroatoms. The number of benzene rings is 2. The maximum absolute atomic E-state index is 11.7. The first-order valence-corrected chi connectivity index (χ1v) is 11.0. The molecule has 0 radical (unpaired) electrons. The Labute approximate surface area is 181 Å². The first-order valence-electron chi connectivity index (χ1n) is 10.2. The number of ketones is 1. The fourth-order valence-corrected chi connectivity index (χ4v) is 6.88. The lowest BCUT2D eigenvalue weighted by Crippen LogP contribution is -2.36. The summed E-state index contributed by atoms with van der Waals surface area (Å²) >= 11 is 12.4. The average Bonchev–Trinajstić information content (AvgIpc) is 3.44. The minimum atomic E-state index is -0.479. The molecule has 4 bridgehead atoms. The zero-order valence-electron chi connectivity index (χ0n) is 16.6. The van der Waals surface area contributed by atoms with Gasteiger partial charge in [0.2, 0.25) is 0 Å². The molecule has 4 unspecified atom stereocenters. The van der Waals surface area contributed by atoms with Crippen LogP contribution in [0, 0.1) is 0 Å². The number of carbonyl (C=O) groups is 1. The summed E-state index contributed by atoms with van der Waals surface area (Å²) in [5.41, 5.74) is 4.86. The van der Waals surface area contributed by atoms with Gasteiger partial charge < -0.3 is 9.47 Å². The molecule has 0 heterocycles. The molecule has 0 amide bonds. The van der Waals surface area contributed by atoms with Crippen LogP contribution in [0.5, 0.6) is 0 Å². The van der Waals surface area contributed by atoms with Gasteiger partial charge in [0, 0.05) is 47.9 Å². The van der Waals surface area contributed by atoms with Crippen molar-refractivity contribution in [2.45, 2.75) is 55.1 Å². The van der Waals surface area contributed by atoms with E-state index < -0.39 is 5.79 Å². The highest BCUT2D eigenvalue weighted by Gasteiger charge is 2.59. The Kier molecular flexibility index (Phi) is 4.78. The third-order valence-electron chi connectivity index (χ3n) is 7.41. The molecule has 4 aliphatic rings. The Morgan fingerprint density at radius 2 is 1.38 bits per heavy atom. The number of rotatable bonds is 2. The number of methoxy groups -OCH3 is 2. The van der Waals surface area contributed by atoms with E-state index in [1.54, 1.807) is 14.2 Å². The average molecular weight is 431 g/mol. The Hall–Kier alpha value is -1.39. The van der Waals surface area contributed by atoms with Crippen molar-refractivity contribution in [3.8, 4) is 0 Å². The summed E-state index contributed by atoms with van der Waals surface area (Å²) in [5.74, 6) is 0.820. The number of fused-ring (bicyclic) bond motifs is 10. The predicted molar refractivity (Wildman–Crippen MR) is 114 cm³/mol. The molecule has 3 nitrogen and oxygen atoms in total. The van der Waals surface area contributed by atoms with E-state index in [4.69, 9.17) is 32.7 Å². The molecule has 0 saturated heterocycles. The van der Waals surface area contributed by atoms with Crippen LogP contribution in [-0.4, -0.2) is 25.8 Å². The predicted octanol–water partition coefficient (Wildman–Crippen LogP) is 6.19. The van der Waals surface area contributed by atoms with E-state index >= 15 is 0 Å². The van der Waals surface area contributed by atoms with Gasteiger partial charge >= 0.3 is 0 Å². The van der Waals surface area contributed by atoms with Gasteiger partial charge in [-0.2, -0.15) is 0 Å². The van der Waals surface area contributed by atoms with E-state index in [9.17, 15) is 4.79 Å². The second kappa shape index (κ2) is 7.09. The van der Waals surface area contributed by atoms with Gasteiger partial charge in [0.25, 0.3) is 0 Å². The molecule has 152 valence electrons. The van der Waals surface area contributed by atoms with Crippen LogP contribution >= 0.6 is 23.2 Å². The Bertz CT molecular complexity index is 982. The molecule has 0 spiro atoms. The Balaban J connectivity index is 0.000000128. The monoisotopic (exact) mass is 430 g/mol. The van der Waals surface area contributed by atoms with Crippen LogP contribution in [-0.2, 0) is 14.3 Å². The van der Waals surface area contributed by atoms with Gasteiger partial charge in [0.1, 0.15) is 5.78 Å². The highest BCUT2D eigenvalue weighted by atomic mass is 35.5. The van der Waals surface area contributed by atoms with Crippen LogP contribution in [0.2, 0.25) is 10.0 Å². The van der Waals surface area contributed by atoms with Gasteiger partial charge in [-0.15, -0.1) is 0 Å². The van der Waals surface area contributed by atoms with Crippen LogP contribution in [0.1, 0.15) is 71.6 Å². The largest absolute Gasteiger partial charge is 0.352 e. The third-order valence-corrected chi connectivity index (χ3v) is 8.06. The minimum absolute atomic E-state index is 0.119. The first kappa shape index (κ1) is 19.6. The van der Waals surface area contributed by atoms with Gasteiger partial charge in [0.15, 0.2) is 5.79 Å². The molecule has 4 atom stereocenters. The second-order valence-corrected chi connectivity index (χ2v) is 9.20. The lowest BCUT2D eigenvalue weighted by molar-refractivity contribution is -0.214. The highest BCUT2D eigenvalue weighted by Crippen LogP contribution is 2.62. The molecule has 4 aliphatic carbocycles. The van der Waals surface area contributed by atoms with Gasteiger partial charge in [-0.05, 0) is 60.1 Å². The van der Waals surface area contributed by atoms with Gasteiger partial charge in [0.05, 0.1) is 0 Å². The van der Waals surface area contributed by atoms with Crippen LogP contribution in [0.25, 0.3) is 0 Å². The topological polar surface area (TPSA) is 35.5 Å². The molecule has 2 saturated carbocycles. The van der Waals surface area contributed by atoms with E-state index in [0.717, 1.165) is 41.3 Å². The first-order chi connectivity index (χ1) is 14.0. The van der Waals surface area contributed by atoms with Crippen molar-refractivity contribution in [3.05, 3.63) is 68.7 Å². The molecule has 2 aromatic carbocycles. The molecule has 0 aromatic heterocycles. The van der Waals surface area contributed by atoms with Crippen molar-refractivity contribution in [1.29, 1.82) is 0 Å². The molecular formula is C24H24Cl2O3. The molecule has 2 fully saturated rings. The minimum Gasteiger partial charge on any atom is -0.352 e. The quantitative estimate of drug-likeness (QED) is 0.532. The van der Waals surface area contributed by atoms with Crippen molar-refractivity contribution in [3.63, 3.8) is 0 Å². The SMILES string of the molecule is COC1(OC)C2CCC1c1c(Cl)cccc12.O=C1C2CCC1c1c(Cl)cccc12. The molecule has 2 aromatic rings. The molecule has 29 heavy (non-hydrogen) atoms. The van der Waals surface area contributed by atoms with Gasteiger partial charge in [-0.3, -0.25) is 4.79 Å². The zero-order valence-corrected chi connectivity index (χ0v) is 18.1. The van der Waals surface area contributed by atoms with E-state index in [2.05, 4.69) is 6.07 Å². The van der Waals surface area contributed by atoms with Crippen molar-refractivity contribution >= 4 is 29.0 Å². The van der Waals surface area contributed by atoms with Crippen molar-refractivity contribution in [2.24, 2.45) is 0 Å². The standard InChI is InChI=1S/C13H15ClO2.C11H9ClO/c1-15-13(16-2)9-6-7-10(13)12-8(9)4-3-5-11(12)14;12-9-3-1-2-6-7-4-5-8(10(6)9)11(7)13/h3-5,9-10H,6-7H2,1-2H3;1-3,7-8H,4-5H2. The number of ether oxygens (including phenoxy) is 2. The normalized spacial score (nSPS) is 29.4. The number of hydrogen-bond donors (Lipinski definition) is 0. The fraction of sp³-hybridized carbons (Fsp3) is 0.458. The second-order valence-electron chi connectivity index (χ2n) is 8.38. The Morgan fingerprint density at radius 3 is 2.00 bits per heavy atom. The van der Waals surface area contributed by atoms with E-state index in [1.165, 1.54) is 16.7 Å². The summed E-state index contributed by atoms with van der Waals surface area (Å²) in [7, 11) is 3.46. The summed E-state index contributed by atoms with van der Waals surface area (Å²) in [6.07, 6.45) is 4.25. The molecular weight excluding hydrogens is 407 g/mol. The molecule has 6 rings (SSSR count). The van der Waals surface area contributed by atoms with Crippen LogP contribution in [0.15, 0.2) is 36.4 Å². The smallest absolute Gasteiger partial charge is 0.181 e. The lowest BCUT2D eigenvalue weighted by atomic mass is 9.92. The maximum atomic E-state index is 11.7. The Morgan fingerprint density at radius 1 is 0.793 bits per heavy atom. The van der Waals surface area contributed by atoms with E-state index in [0.29, 0.717) is 11.7 Å². The fourth-order valence-electron chi connectivity index (χ4n) is 6.26. The van der Waals surface area contributed by atoms with Crippen molar-refractivity contribution in [2.75, 3.05) is 14.2 Å².